The Morgan fingerprint density at radius 2 is 1.71 bits per heavy atom. The Bertz CT molecular complexity index is 2140. The second-order valence-electron chi connectivity index (χ2n) is 16.5. The van der Waals surface area contributed by atoms with Crippen LogP contribution in [0.2, 0.25) is 0 Å². The van der Waals surface area contributed by atoms with E-state index in [1.165, 1.54) is 6.42 Å². The predicted molar refractivity (Wildman–Crippen MR) is 216 cm³/mol. The summed E-state index contributed by atoms with van der Waals surface area (Å²) < 4.78 is 30.2. The number of nitrogens with one attached hydrogen (secondary N) is 2. The molecule has 3 aromatic heterocycles. The normalized spacial score (nSPS) is 20.8. The van der Waals surface area contributed by atoms with Crippen molar-refractivity contribution in [3.05, 3.63) is 89.7 Å². The number of rotatable bonds is 10. The van der Waals surface area contributed by atoms with Gasteiger partial charge in [-0.05, 0) is 87.3 Å². The Balaban J connectivity index is 0.953. The Morgan fingerprint density at radius 3 is 2.52 bits per heavy atom. The van der Waals surface area contributed by atoms with E-state index in [2.05, 4.69) is 70.5 Å². The lowest BCUT2D eigenvalue weighted by Crippen LogP contribution is -2.38. The van der Waals surface area contributed by atoms with E-state index in [0.29, 0.717) is 43.5 Å². The lowest BCUT2D eigenvalue weighted by atomic mass is 9.85. The van der Waals surface area contributed by atoms with Crippen molar-refractivity contribution in [3.8, 4) is 17.2 Å². The number of nitrogens with zero attached hydrogens (tertiary/aromatic N) is 7. The Kier molecular flexibility index (Phi) is 10.9. The van der Waals surface area contributed by atoms with Crippen LogP contribution in [0.25, 0.3) is 11.3 Å². The van der Waals surface area contributed by atoms with Gasteiger partial charge in [-0.1, -0.05) is 51.1 Å². The van der Waals surface area contributed by atoms with Gasteiger partial charge in [-0.3, -0.25) is 14.6 Å². The van der Waals surface area contributed by atoms with E-state index in [4.69, 9.17) is 14.6 Å². The van der Waals surface area contributed by atoms with Gasteiger partial charge in [0, 0.05) is 49.8 Å². The zero-order chi connectivity index (χ0) is 38.8. The summed E-state index contributed by atoms with van der Waals surface area (Å²) in [6, 6.07) is 21.7. The van der Waals surface area contributed by atoms with Crippen molar-refractivity contribution in [2.75, 3.05) is 43.0 Å². The first kappa shape index (κ1) is 37.7. The van der Waals surface area contributed by atoms with E-state index in [9.17, 15) is 9.18 Å². The number of ether oxygens (including phenoxy) is 2. The van der Waals surface area contributed by atoms with Gasteiger partial charge in [0.05, 0.1) is 23.6 Å². The molecule has 8 rings (SSSR count). The third-order valence-corrected chi connectivity index (χ3v) is 11.4. The number of benzene rings is 2. The summed E-state index contributed by atoms with van der Waals surface area (Å²) in [5.74, 6) is 2.88. The van der Waals surface area contributed by atoms with Crippen molar-refractivity contribution in [2.45, 2.75) is 102 Å². The van der Waals surface area contributed by atoms with Gasteiger partial charge in [-0.25, -0.2) is 13.9 Å². The number of amides is 2. The number of halogens is 1. The highest BCUT2D eigenvalue weighted by Gasteiger charge is 2.31. The lowest BCUT2D eigenvalue weighted by molar-refractivity contribution is 0.132. The Hall–Kier alpha value is -5.17. The van der Waals surface area contributed by atoms with E-state index < -0.39 is 6.17 Å². The summed E-state index contributed by atoms with van der Waals surface area (Å²) in [6.07, 6.45) is 7.26. The van der Waals surface area contributed by atoms with E-state index in [-0.39, 0.29) is 23.6 Å². The van der Waals surface area contributed by atoms with Crippen LogP contribution >= 0.6 is 0 Å². The van der Waals surface area contributed by atoms with E-state index in [0.717, 1.165) is 85.3 Å². The molecule has 0 saturated carbocycles. The highest BCUT2D eigenvalue weighted by atomic mass is 19.1. The van der Waals surface area contributed by atoms with Crippen LogP contribution in [0, 0.1) is 0 Å². The fourth-order valence-electron chi connectivity index (χ4n) is 8.17. The number of likely N-dealkylation sites (tertiary alicyclic amines) is 1. The average Bonchev–Trinajstić information content (AvgIpc) is 3.82. The number of carbonyl (C=O) groups excluding carboxylic acids is 1. The first-order chi connectivity index (χ1) is 27.1. The number of fused-ring (bicyclic) bond motifs is 2. The monoisotopic (exact) mass is 763 g/mol. The largest absolute Gasteiger partial charge is 0.492 e. The molecule has 2 aromatic carbocycles. The molecular formula is C43H54FN9O3. The topological polar surface area (TPSA) is 114 Å². The van der Waals surface area contributed by atoms with Gasteiger partial charge in [0.1, 0.15) is 36.2 Å². The van der Waals surface area contributed by atoms with Crippen molar-refractivity contribution in [1.29, 1.82) is 0 Å². The molecule has 5 heterocycles. The van der Waals surface area contributed by atoms with Crippen LogP contribution < -0.4 is 25.0 Å². The van der Waals surface area contributed by atoms with Crippen LogP contribution in [0.15, 0.2) is 72.9 Å². The predicted octanol–water partition coefficient (Wildman–Crippen LogP) is 8.18. The minimum atomic E-state index is -0.692. The van der Waals surface area contributed by atoms with Crippen molar-refractivity contribution >= 4 is 23.4 Å². The molecule has 0 bridgehead atoms. The standard InChI is InChI=1S/C43H54FN9O3/c1-29-10-7-8-21-51(29)42-48-47-39-18-15-33(28-52(39)42)56-37-17-16-36(34-13-5-6-14-35(34)37)45-41(54)46-40-27-38(43(2,3)4)49-53(40)31-11-9-12-32(26-31)55-25-24-50-22-19-30(44)20-23-50/h5-6,9,11-15,18,26-30,36-37H,7-8,10,16-17,19-25H2,1-4H3,(H2,45,46,54)/t29?,36-,37+/m0/s1. The Labute approximate surface area is 328 Å². The lowest BCUT2D eigenvalue weighted by Gasteiger charge is -2.33. The number of urea groups is 1. The number of hydrogen-bond donors (Lipinski definition) is 2. The zero-order valence-corrected chi connectivity index (χ0v) is 33.0. The molecule has 13 heteroatoms. The highest BCUT2D eigenvalue weighted by molar-refractivity contribution is 5.89. The summed E-state index contributed by atoms with van der Waals surface area (Å²) in [6.45, 7) is 12.3. The molecule has 2 amide bonds. The van der Waals surface area contributed by atoms with E-state index in [1.807, 2.05) is 65.2 Å². The third-order valence-electron chi connectivity index (χ3n) is 11.4. The molecule has 3 aliphatic rings. The van der Waals surface area contributed by atoms with Crippen LogP contribution in [0.1, 0.15) is 102 Å². The summed E-state index contributed by atoms with van der Waals surface area (Å²) in [4.78, 5) is 18.4. The van der Waals surface area contributed by atoms with Gasteiger partial charge in [-0.2, -0.15) is 5.10 Å². The molecule has 2 aliphatic heterocycles. The van der Waals surface area contributed by atoms with Crippen molar-refractivity contribution in [3.63, 3.8) is 0 Å². The fraction of sp³-hybridized carbons (Fsp3) is 0.488. The number of alkyl halides is 1. The fourth-order valence-corrected chi connectivity index (χ4v) is 8.17. The van der Waals surface area contributed by atoms with Gasteiger partial charge in [-0.15, -0.1) is 10.2 Å². The molecule has 1 unspecified atom stereocenters. The summed E-state index contributed by atoms with van der Waals surface area (Å²) in [7, 11) is 0. The van der Waals surface area contributed by atoms with Crippen molar-refractivity contribution in [1.82, 2.24) is 34.6 Å². The number of anilines is 2. The maximum absolute atomic E-state index is 13.8. The molecule has 5 aromatic rings. The number of hydrogen-bond acceptors (Lipinski definition) is 8. The highest BCUT2D eigenvalue weighted by Crippen LogP contribution is 2.39. The van der Waals surface area contributed by atoms with Gasteiger partial charge in [0.15, 0.2) is 5.65 Å². The van der Waals surface area contributed by atoms with Crippen LogP contribution in [-0.2, 0) is 5.41 Å². The second-order valence-corrected chi connectivity index (χ2v) is 16.5. The molecule has 2 N–H and O–H groups in total. The van der Waals surface area contributed by atoms with Gasteiger partial charge in [0.2, 0.25) is 5.95 Å². The maximum atomic E-state index is 13.8. The minimum Gasteiger partial charge on any atom is -0.492 e. The smallest absolute Gasteiger partial charge is 0.320 e. The Morgan fingerprint density at radius 1 is 0.893 bits per heavy atom. The maximum Gasteiger partial charge on any atom is 0.320 e. The quantitative estimate of drug-likeness (QED) is 0.147. The third kappa shape index (κ3) is 8.33. The van der Waals surface area contributed by atoms with Crippen molar-refractivity contribution in [2.24, 2.45) is 0 Å². The molecule has 12 nitrogen and oxygen atoms in total. The van der Waals surface area contributed by atoms with E-state index >= 15 is 0 Å². The average molecular weight is 764 g/mol. The summed E-state index contributed by atoms with van der Waals surface area (Å²) in [5, 5.41) is 20.3. The molecule has 0 spiro atoms. The molecular weight excluding hydrogens is 710 g/mol. The minimum absolute atomic E-state index is 0.175. The van der Waals surface area contributed by atoms with Crippen LogP contribution in [0.5, 0.6) is 11.5 Å². The summed E-state index contributed by atoms with van der Waals surface area (Å²) >= 11 is 0. The second kappa shape index (κ2) is 16.1. The molecule has 2 saturated heterocycles. The number of aromatic nitrogens is 5. The van der Waals surface area contributed by atoms with Gasteiger partial charge >= 0.3 is 6.03 Å². The van der Waals surface area contributed by atoms with Crippen LogP contribution in [0.4, 0.5) is 21.0 Å². The van der Waals surface area contributed by atoms with E-state index in [1.54, 1.807) is 4.68 Å². The molecule has 296 valence electrons. The SMILES string of the molecule is CC1CCCCN1c1nnc2ccc(O[C@@H]3CC[C@H](NC(=O)Nc4cc(C(C)(C)C)nn4-c4cccc(OCCN5CCC(F)CC5)c4)c4ccccc43)cn12. The first-order valence-corrected chi connectivity index (χ1v) is 20.2. The zero-order valence-electron chi connectivity index (χ0n) is 33.0. The summed E-state index contributed by atoms with van der Waals surface area (Å²) in [5.41, 5.74) is 4.26. The molecule has 2 fully saturated rings. The number of pyridine rings is 1. The van der Waals surface area contributed by atoms with Crippen LogP contribution in [-0.4, -0.2) is 80.3 Å². The molecule has 0 radical (unpaired) electrons. The first-order valence-electron chi connectivity index (χ1n) is 20.2. The molecule has 1 aliphatic carbocycles. The van der Waals surface area contributed by atoms with Crippen LogP contribution in [0.3, 0.4) is 0 Å². The van der Waals surface area contributed by atoms with Gasteiger partial charge in [0.25, 0.3) is 0 Å². The molecule has 3 atom stereocenters. The van der Waals surface area contributed by atoms with Gasteiger partial charge < -0.3 is 19.7 Å². The van der Waals surface area contributed by atoms with Crippen molar-refractivity contribution < 1.29 is 18.7 Å². The molecule has 56 heavy (non-hydrogen) atoms. The number of piperidine rings is 2. The number of carbonyl (C=O) groups is 1.